The lowest BCUT2D eigenvalue weighted by Crippen LogP contribution is -2.15. The van der Waals surface area contributed by atoms with Crippen molar-refractivity contribution in [2.45, 2.75) is 26.2 Å². The molecule has 0 saturated heterocycles. The molecule has 0 aliphatic rings. The van der Waals surface area contributed by atoms with E-state index in [-0.39, 0.29) is 22.2 Å². The summed E-state index contributed by atoms with van der Waals surface area (Å²) in [7, 11) is -0.550. The Bertz CT molecular complexity index is 1530. The van der Waals surface area contributed by atoms with Crippen LogP contribution in [0.1, 0.15) is 47.8 Å². The molecule has 0 unspecified atom stereocenters. The van der Waals surface area contributed by atoms with Gasteiger partial charge in [0.1, 0.15) is 5.75 Å². The van der Waals surface area contributed by atoms with Gasteiger partial charge in [0.25, 0.3) is 5.56 Å². The highest BCUT2D eigenvalue weighted by Gasteiger charge is 2.23. The molecule has 9 nitrogen and oxygen atoms in total. The third-order valence-electron chi connectivity index (χ3n) is 5.57. The number of ether oxygens (including phenoxy) is 2. The second-order valence-corrected chi connectivity index (χ2v) is 11.2. The molecule has 3 rings (SSSR count). The summed E-state index contributed by atoms with van der Waals surface area (Å²) < 4.78 is 36.2. The minimum Gasteiger partial charge on any atom is -0.496 e. The largest absolute Gasteiger partial charge is 0.496 e. The van der Waals surface area contributed by atoms with E-state index in [0.29, 0.717) is 33.9 Å². The molecule has 0 bridgehead atoms. The molecular weight excluding hydrogens is 496 g/mol. The van der Waals surface area contributed by atoms with E-state index in [0.717, 1.165) is 11.8 Å². The molecule has 1 heterocycles. The summed E-state index contributed by atoms with van der Waals surface area (Å²) in [5, 5.41) is 9.72. The number of anilines is 1. The van der Waals surface area contributed by atoms with Crippen LogP contribution in [-0.2, 0) is 15.4 Å². The fourth-order valence-corrected chi connectivity index (χ4v) is 4.42. The van der Waals surface area contributed by atoms with E-state index in [9.17, 15) is 23.1 Å². The fraction of sp³-hybridized carbons (Fsp3) is 0.259. The van der Waals surface area contributed by atoms with Gasteiger partial charge in [-0.15, -0.1) is 0 Å². The molecular formula is C27H30N2O7S. The van der Waals surface area contributed by atoms with Crippen LogP contribution in [0.5, 0.6) is 11.6 Å². The number of benzene rings is 2. The average molecular weight is 527 g/mol. The number of hydrogen-bond donors (Lipinski definition) is 3. The van der Waals surface area contributed by atoms with Crippen molar-refractivity contribution in [2.24, 2.45) is 0 Å². The van der Waals surface area contributed by atoms with E-state index in [4.69, 9.17) is 9.47 Å². The van der Waals surface area contributed by atoms with Gasteiger partial charge in [0.2, 0.25) is 10.0 Å². The monoisotopic (exact) mass is 526 g/mol. The van der Waals surface area contributed by atoms with Crippen molar-refractivity contribution >= 4 is 33.8 Å². The number of rotatable bonds is 8. The summed E-state index contributed by atoms with van der Waals surface area (Å²) in [6.07, 6.45) is 4.31. The highest BCUT2D eigenvalue weighted by Crippen LogP contribution is 2.38. The van der Waals surface area contributed by atoms with Gasteiger partial charge in [-0.2, -0.15) is 0 Å². The van der Waals surface area contributed by atoms with E-state index in [2.05, 4.69) is 9.71 Å². The molecule has 196 valence electrons. The third kappa shape index (κ3) is 6.59. The summed E-state index contributed by atoms with van der Waals surface area (Å²) in [4.78, 5) is 27.3. The number of aromatic nitrogens is 1. The number of carboxylic acids is 1. The van der Waals surface area contributed by atoms with Crippen molar-refractivity contribution in [3.8, 4) is 22.8 Å². The smallest absolute Gasteiger partial charge is 0.336 e. The first-order valence-corrected chi connectivity index (χ1v) is 13.2. The van der Waals surface area contributed by atoms with Crippen LogP contribution < -0.4 is 19.8 Å². The van der Waals surface area contributed by atoms with Crippen LogP contribution in [-0.4, -0.2) is 45.0 Å². The molecule has 3 N–H and O–H groups in total. The van der Waals surface area contributed by atoms with E-state index >= 15 is 0 Å². The molecule has 1 aromatic heterocycles. The first kappa shape index (κ1) is 27.5. The maximum absolute atomic E-state index is 12.8. The Labute approximate surface area is 215 Å². The lowest BCUT2D eigenvalue weighted by molar-refractivity contribution is 0.0696. The molecule has 0 aliphatic carbocycles. The van der Waals surface area contributed by atoms with Crippen molar-refractivity contribution in [3.05, 3.63) is 75.1 Å². The first-order valence-electron chi connectivity index (χ1n) is 11.3. The Balaban J connectivity index is 2.19. The van der Waals surface area contributed by atoms with Gasteiger partial charge in [0.15, 0.2) is 5.88 Å². The zero-order valence-corrected chi connectivity index (χ0v) is 22.3. The van der Waals surface area contributed by atoms with Crippen LogP contribution in [0.2, 0.25) is 0 Å². The fourth-order valence-electron chi connectivity index (χ4n) is 3.86. The minimum atomic E-state index is -3.57. The van der Waals surface area contributed by atoms with Crippen molar-refractivity contribution in [2.75, 3.05) is 25.2 Å². The second kappa shape index (κ2) is 10.5. The number of carbonyl (C=O) groups is 1. The summed E-state index contributed by atoms with van der Waals surface area (Å²) in [5.74, 6) is -0.282. The predicted octanol–water partition coefficient (Wildman–Crippen LogP) is 4.60. The molecule has 10 heteroatoms. The number of methoxy groups -OCH3 is 2. The molecule has 0 spiro atoms. The summed E-state index contributed by atoms with van der Waals surface area (Å²) in [6, 6.07) is 11.3. The lowest BCUT2D eigenvalue weighted by atomic mass is 9.83. The zero-order chi connectivity index (χ0) is 27.5. The Morgan fingerprint density at radius 1 is 1.00 bits per heavy atom. The van der Waals surface area contributed by atoms with Crippen LogP contribution in [0.3, 0.4) is 0 Å². The average Bonchev–Trinajstić information content (AvgIpc) is 2.80. The van der Waals surface area contributed by atoms with Gasteiger partial charge in [0.05, 0.1) is 26.0 Å². The van der Waals surface area contributed by atoms with E-state index in [1.165, 1.54) is 25.3 Å². The topological polar surface area (TPSA) is 135 Å². The van der Waals surface area contributed by atoms with Crippen LogP contribution in [0.15, 0.2) is 47.3 Å². The van der Waals surface area contributed by atoms with Crippen LogP contribution >= 0.6 is 0 Å². The minimum absolute atomic E-state index is 0.0809. The maximum atomic E-state index is 12.8. The molecule has 0 fully saturated rings. The predicted molar refractivity (Wildman–Crippen MR) is 145 cm³/mol. The van der Waals surface area contributed by atoms with Crippen molar-refractivity contribution in [1.29, 1.82) is 0 Å². The quantitative estimate of drug-likeness (QED) is 0.365. The number of aromatic amines is 1. The maximum Gasteiger partial charge on any atom is 0.336 e. The summed E-state index contributed by atoms with van der Waals surface area (Å²) in [5.41, 5.74) is 2.34. The number of hydrogen-bond acceptors (Lipinski definition) is 6. The van der Waals surface area contributed by atoms with Crippen molar-refractivity contribution in [1.82, 2.24) is 4.98 Å². The standard InChI is InChI=1S/C27H30N2O7S/c1-27(2,3)22-14-18(20-11-12-23(35-4)28-25(20)30)13-17(24(22)36-5)8-7-16-9-10-19(29-37(6,33)34)15-21(16)26(31)32/h7-15,29H,1-6H3,(H,28,30)(H,31,32). The lowest BCUT2D eigenvalue weighted by Gasteiger charge is -2.24. The van der Waals surface area contributed by atoms with Gasteiger partial charge < -0.3 is 14.6 Å². The highest BCUT2D eigenvalue weighted by molar-refractivity contribution is 7.92. The molecule has 37 heavy (non-hydrogen) atoms. The van der Waals surface area contributed by atoms with E-state index in [1.54, 1.807) is 37.5 Å². The molecule has 2 aromatic carbocycles. The third-order valence-corrected chi connectivity index (χ3v) is 6.18. The molecule has 3 aromatic rings. The second-order valence-electron chi connectivity index (χ2n) is 9.48. The molecule has 0 radical (unpaired) electrons. The van der Waals surface area contributed by atoms with Crippen LogP contribution in [0.25, 0.3) is 23.3 Å². The molecule has 0 saturated carbocycles. The summed E-state index contributed by atoms with van der Waals surface area (Å²) in [6.45, 7) is 6.07. The Hall–Kier alpha value is -4.05. The van der Waals surface area contributed by atoms with E-state index in [1.807, 2.05) is 26.8 Å². The van der Waals surface area contributed by atoms with Gasteiger partial charge in [-0.1, -0.05) is 39.0 Å². The van der Waals surface area contributed by atoms with E-state index < -0.39 is 16.0 Å². The number of nitrogens with one attached hydrogen (secondary N) is 2. The number of aromatic carboxylic acids is 1. The highest BCUT2D eigenvalue weighted by atomic mass is 32.2. The normalized spacial score (nSPS) is 11.9. The number of sulfonamides is 1. The van der Waals surface area contributed by atoms with Gasteiger partial charge >= 0.3 is 5.97 Å². The zero-order valence-electron chi connectivity index (χ0n) is 21.5. The van der Waals surface area contributed by atoms with Crippen LogP contribution in [0.4, 0.5) is 5.69 Å². The Morgan fingerprint density at radius 3 is 2.22 bits per heavy atom. The van der Waals surface area contributed by atoms with Gasteiger partial charge in [-0.25, -0.2) is 13.2 Å². The Morgan fingerprint density at radius 2 is 1.68 bits per heavy atom. The van der Waals surface area contributed by atoms with Crippen LogP contribution in [0, 0.1) is 0 Å². The van der Waals surface area contributed by atoms with Gasteiger partial charge in [-0.05, 0) is 52.9 Å². The Kier molecular flexibility index (Phi) is 7.83. The molecule has 0 atom stereocenters. The first-order chi connectivity index (χ1) is 17.2. The van der Waals surface area contributed by atoms with Crippen molar-refractivity contribution < 1.29 is 27.8 Å². The number of pyridine rings is 1. The number of H-pyrrole nitrogens is 1. The molecule has 0 aliphatic heterocycles. The van der Waals surface area contributed by atoms with Gasteiger partial charge in [0, 0.05) is 22.4 Å². The number of carboxylic acid groups (broad SMARTS) is 1. The van der Waals surface area contributed by atoms with Gasteiger partial charge in [-0.3, -0.25) is 14.5 Å². The van der Waals surface area contributed by atoms with Crippen molar-refractivity contribution in [3.63, 3.8) is 0 Å². The summed E-state index contributed by atoms with van der Waals surface area (Å²) >= 11 is 0. The SMILES string of the molecule is COc1ccc(-c2cc(C=Cc3ccc(NS(C)(=O)=O)cc3C(=O)O)c(OC)c(C(C)(C)C)c2)c(=O)[nH]1. The molecule has 0 amide bonds.